The first-order valence-corrected chi connectivity index (χ1v) is 10.0. The number of aromatic nitrogens is 1. The van der Waals surface area contributed by atoms with Crippen LogP contribution in [0.1, 0.15) is 30.7 Å². The molecule has 6 heteroatoms. The van der Waals surface area contributed by atoms with Crippen LogP contribution in [0, 0.1) is 12.8 Å². The van der Waals surface area contributed by atoms with Crippen LogP contribution in [0.15, 0.2) is 11.2 Å². The van der Waals surface area contributed by atoms with Crippen LogP contribution < -0.4 is 5.32 Å². The summed E-state index contributed by atoms with van der Waals surface area (Å²) in [4.78, 5) is 12.9. The van der Waals surface area contributed by atoms with Gasteiger partial charge in [-0.05, 0) is 19.8 Å². The van der Waals surface area contributed by atoms with Crippen molar-refractivity contribution < 1.29 is 0 Å². The summed E-state index contributed by atoms with van der Waals surface area (Å²) in [5, 5.41) is 5.35. The molecule has 1 unspecified atom stereocenters. The van der Waals surface area contributed by atoms with Gasteiger partial charge in [-0.15, -0.1) is 11.3 Å². The molecule has 0 aromatic carbocycles. The van der Waals surface area contributed by atoms with Crippen molar-refractivity contribution in [3.63, 3.8) is 0 Å². The first-order chi connectivity index (χ1) is 10.6. The lowest BCUT2D eigenvalue weighted by atomic mass is 10.1. The lowest BCUT2D eigenvalue weighted by Crippen LogP contribution is -2.49. The molecule has 1 atom stereocenters. The minimum absolute atomic E-state index is 0.708. The van der Waals surface area contributed by atoms with Gasteiger partial charge in [-0.3, -0.25) is 4.99 Å². The molecule has 22 heavy (non-hydrogen) atoms. The monoisotopic (exact) mass is 340 g/mol. The summed E-state index contributed by atoms with van der Waals surface area (Å²) >= 11 is 3.88. The second-order valence-electron chi connectivity index (χ2n) is 5.95. The van der Waals surface area contributed by atoms with E-state index in [0.29, 0.717) is 11.2 Å². The van der Waals surface area contributed by atoms with Gasteiger partial charge in [0.2, 0.25) is 0 Å². The van der Waals surface area contributed by atoms with E-state index in [1.54, 1.807) is 11.3 Å². The third-order valence-electron chi connectivity index (χ3n) is 3.73. The van der Waals surface area contributed by atoms with Crippen molar-refractivity contribution in [3.05, 3.63) is 16.1 Å². The Morgan fingerprint density at radius 2 is 2.36 bits per heavy atom. The van der Waals surface area contributed by atoms with Gasteiger partial charge >= 0.3 is 0 Å². The maximum Gasteiger partial charge on any atom is 0.193 e. The maximum absolute atomic E-state index is 4.82. The van der Waals surface area contributed by atoms with Crippen LogP contribution in [0.5, 0.6) is 0 Å². The highest BCUT2D eigenvalue weighted by Gasteiger charge is 2.24. The molecule has 2 rings (SSSR count). The van der Waals surface area contributed by atoms with E-state index >= 15 is 0 Å². The second kappa shape index (κ2) is 8.77. The normalized spacial score (nSPS) is 19.8. The quantitative estimate of drug-likeness (QED) is 0.661. The smallest absolute Gasteiger partial charge is 0.193 e. The van der Waals surface area contributed by atoms with Crippen LogP contribution in [0.4, 0.5) is 0 Å². The zero-order valence-electron chi connectivity index (χ0n) is 14.1. The van der Waals surface area contributed by atoms with Crippen LogP contribution in [0.2, 0.25) is 0 Å². The molecule has 124 valence electrons. The predicted molar refractivity (Wildman–Crippen MR) is 99.2 cm³/mol. The van der Waals surface area contributed by atoms with Crippen molar-refractivity contribution in [2.45, 2.75) is 39.4 Å². The average molecular weight is 341 g/mol. The first kappa shape index (κ1) is 17.6. The van der Waals surface area contributed by atoms with E-state index in [2.05, 4.69) is 54.7 Å². The molecule has 0 saturated carbocycles. The van der Waals surface area contributed by atoms with E-state index in [4.69, 9.17) is 4.99 Å². The van der Waals surface area contributed by atoms with Gasteiger partial charge in [0.1, 0.15) is 0 Å². The summed E-state index contributed by atoms with van der Waals surface area (Å²) in [5.74, 6) is 2.98. The van der Waals surface area contributed by atoms with E-state index in [0.717, 1.165) is 38.6 Å². The topological polar surface area (TPSA) is 40.5 Å². The molecule has 1 fully saturated rings. The third-order valence-corrected chi connectivity index (χ3v) is 6.24. The van der Waals surface area contributed by atoms with Gasteiger partial charge in [0.15, 0.2) is 5.96 Å². The van der Waals surface area contributed by atoms with Gasteiger partial charge in [-0.2, -0.15) is 11.8 Å². The Morgan fingerprint density at radius 3 is 3.00 bits per heavy atom. The number of nitrogens with zero attached hydrogens (tertiary/aromatic N) is 3. The van der Waals surface area contributed by atoms with Crippen molar-refractivity contribution in [2.24, 2.45) is 10.9 Å². The van der Waals surface area contributed by atoms with Crippen molar-refractivity contribution in [2.75, 3.05) is 31.9 Å². The number of nitrogens with one attached hydrogen (secondary N) is 1. The van der Waals surface area contributed by atoms with E-state index in [1.165, 1.54) is 15.6 Å². The van der Waals surface area contributed by atoms with Crippen LogP contribution in [-0.4, -0.2) is 53.0 Å². The second-order valence-corrected chi connectivity index (χ2v) is 8.62. The number of hydrogen-bond donors (Lipinski definition) is 1. The summed E-state index contributed by atoms with van der Waals surface area (Å²) in [5.41, 5.74) is 0. The molecule has 1 aromatic rings. The number of hydrogen-bond acceptors (Lipinski definition) is 4. The number of aryl methyl sites for hydroxylation is 1. The maximum atomic E-state index is 4.82. The van der Waals surface area contributed by atoms with Gasteiger partial charge in [-0.25, -0.2) is 4.98 Å². The summed E-state index contributed by atoms with van der Waals surface area (Å²) in [6.45, 7) is 12.8. The lowest BCUT2D eigenvalue weighted by Gasteiger charge is -2.36. The Kier molecular flexibility index (Phi) is 7.02. The van der Waals surface area contributed by atoms with Gasteiger partial charge in [-0.1, -0.05) is 13.8 Å². The van der Waals surface area contributed by atoms with Crippen molar-refractivity contribution in [1.82, 2.24) is 15.2 Å². The van der Waals surface area contributed by atoms with E-state index in [-0.39, 0.29) is 0 Å². The number of rotatable bonds is 5. The van der Waals surface area contributed by atoms with Gasteiger partial charge < -0.3 is 10.2 Å². The molecule has 0 amide bonds. The Bertz CT molecular complexity index is 484. The highest BCUT2D eigenvalue weighted by Crippen LogP contribution is 2.24. The molecule has 0 spiro atoms. The molecule has 4 nitrogen and oxygen atoms in total. The van der Waals surface area contributed by atoms with Gasteiger partial charge in [0.05, 0.1) is 5.01 Å². The Labute approximate surface area is 142 Å². The number of guanidine groups is 1. The van der Waals surface area contributed by atoms with E-state index in [1.807, 2.05) is 6.20 Å². The standard InChI is InChI=1S/C16H28N4S2/c1-5-17-16(18-7-6-15-19-10-13(4)22-15)20-8-9-21-14(11-20)12(2)3/h10,12,14H,5-9,11H2,1-4H3,(H,17,18). The molecule has 2 heterocycles. The first-order valence-electron chi connectivity index (χ1n) is 8.16. The van der Waals surface area contributed by atoms with Crippen LogP contribution >= 0.6 is 23.1 Å². The fourth-order valence-electron chi connectivity index (χ4n) is 2.47. The molecular weight excluding hydrogens is 312 g/mol. The summed E-state index contributed by atoms with van der Waals surface area (Å²) in [7, 11) is 0. The molecular formula is C16H28N4S2. The third kappa shape index (κ3) is 5.16. The van der Waals surface area contributed by atoms with Crippen molar-refractivity contribution >= 4 is 29.1 Å². The van der Waals surface area contributed by atoms with E-state index in [9.17, 15) is 0 Å². The number of aliphatic imine (C=N–C) groups is 1. The Hall–Kier alpha value is -0.750. The molecule has 1 aromatic heterocycles. The summed E-state index contributed by atoms with van der Waals surface area (Å²) < 4.78 is 0. The Morgan fingerprint density at radius 1 is 1.55 bits per heavy atom. The van der Waals surface area contributed by atoms with Gasteiger partial charge in [0, 0.05) is 54.7 Å². The van der Waals surface area contributed by atoms with Crippen LogP contribution in [0.3, 0.4) is 0 Å². The molecule has 0 aliphatic carbocycles. The molecule has 0 radical (unpaired) electrons. The highest BCUT2D eigenvalue weighted by molar-refractivity contribution is 8.00. The van der Waals surface area contributed by atoms with Crippen molar-refractivity contribution in [3.8, 4) is 0 Å². The minimum Gasteiger partial charge on any atom is -0.357 e. The highest BCUT2D eigenvalue weighted by atomic mass is 32.2. The van der Waals surface area contributed by atoms with Gasteiger partial charge in [0.25, 0.3) is 0 Å². The van der Waals surface area contributed by atoms with Crippen LogP contribution in [0.25, 0.3) is 0 Å². The van der Waals surface area contributed by atoms with Crippen LogP contribution in [-0.2, 0) is 6.42 Å². The summed E-state index contributed by atoms with van der Waals surface area (Å²) in [6, 6.07) is 0. The summed E-state index contributed by atoms with van der Waals surface area (Å²) in [6.07, 6.45) is 2.88. The Balaban J connectivity index is 1.94. The average Bonchev–Trinajstić information content (AvgIpc) is 2.92. The molecule has 1 aliphatic heterocycles. The predicted octanol–water partition coefficient (Wildman–Crippen LogP) is 3.03. The zero-order chi connectivity index (χ0) is 15.9. The fourth-order valence-corrected chi connectivity index (χ4v) is 4.55. The SMILES string of the molecule is CCNC(=NCCc1ncc(C)s1)N1CCSC(C(C)C)C1. The molecule has 1 aliphatic rings. The molecule has 1 N–H and O–H groups in total. The van der Waals surface area contributed by atoms with E-state index < -0.39 is 0 Å². The minimum atomic E-state index is 0.708. The zero-order valence-corrected chi connectivity index (χ0v) is 15.8. The lowest BCUT2D eigenvalue weighted by molar-refractivity contribution is 0.381. The molecule has 0 bridgehead atoms. The number of thiazole rings is 1. The number of thioether (sulfide) groups is 1. The fraction of sp³-hybridized carbons (Fsp3) is 0.750. The largest absolute Gasteiger partial charge is 0.357 e. The molecule has 1 saturated heterocycles. The van der Waals surface area contributed by atoms with Crippen molar-refractivity contribution in [1.29, 1.82) is 0 Å².